The molecule has 0 aliphatic heterocycles. The summed E-state index contributed by atoms with van der Waals surface area (Å²) in [7, 11) is 0. The van der Waals surface area contributed by atoms with E-state index in [-0.39, 0.29) is 23.7 Å². The maximum atomic E-state index is 11.1. The van der Waals surface area contributed by atoms with Crippen molar-refractivity contribution in [2.24, 2.45) is 0 Å². The van der Waals surface area contributed by atoms with Crippen LogP contribution in [0.1, 0.15) is 0 Å². The van der Waals surface area contributed by atoms with Gasteiger partial charge in [-0.15, -0.1) is 11.6 Å². The first-order chi connectivity index (χ1) is 18.1. The molecule has 37 heavy (non-hydrogen) atoms. The molecule has 0 aliphatic rings. The minimum atomic E-state index is -0.681. The van der Waals surface area contributed by atoms with E-state index in [0.29, 0.717) is 98.3 Å². The van der Waals surface area contributed by atoms with Crippen LogP contribution in [0.25, 0.3) is 0 Å². The van der Waals surface area contributed by atoms with E-state index in [9.17, 15) is 20.2 Å². The van der Waals surface area contributed by atoms with Crippen molar-refractivity contribution in [3.05, 3.63) is 38.4 Å². The highest BCUT2D eigenvalue weighted by Gasteiger charge is 2.18. The predicted octanol–water partition coefficient (Wildman–Crippen LogP) is 2.27. The predicted molar refractivity (Wildman–Crippen MR) is 135 cm³/mol. The Kier molecular flexibility index (Phi) is 20.4. The summed E-state index contributed by atoms with van der Waals surface area (Å²) in [5.41, 5.74) is -0.515. The Hall–Kier alpha value is -2.17. The fraction of sp³-hybridized carbons (Fsp3) is 0.727. The summed E-state index contributed by atoms with van der Waals surface area (Å²) >= 11 is 5.49. The van der Waals surface area contributed by atoms with Gasteiger partial charge in [-0.3, -0.25) is 20.2 Å². The quantitative estimate of drug-likeness (QED) is 0.0771. The van der Waals surface area contributed by atoms with Crippen LogP contribution in [0.15, 0.2) is 18.2 Å². The molecule has 14 nitrogen and oxygen atoms in total. The second kappa shape index (κ2) is 23.0. The minimum absolute atomic E-state index is 0.190. The molecular formula is C22H36ClN3O11. The summed E-state index contributed by atoms with van der Waals surface area (Å²) in [6, 6.07) is 3.43. The number of rotatable bonds is 26. The van der Waals surface area contributed by atoms with Gasteiger partial charge in [0.1, 0.15) is 5.69 Å². The van der Waals surface area contributed by atoms with E-state index in [2.05, 4.69) is 5.32 Å². The number of halogens is 1. The number of hydrogen-bond donors (Lipinski definition) is 1. The molecule has 212 valence electrons. The molecule has 0 amide bonds. The zero-order valence-corrected chi connectivity index (χ0v) is 21.6. The van der Waals surface area contributed by atoms with E-state index >= 15 is 0 Å². The Labute approximate surface area is 220 Å². The van der Waals surface area contributed by atoms with Crippen LogP contribution in [-0.2, 0) is 33.2 Å². The molecule has 1 aromatic carbocycles. The second-order valence-electron chi connectivity index (χ2n) is 7.12. The molecule has 0 spiro atoms. The highest BCUT2D eigenvalue weighted by Crippen LogP contribution is 2.28. The Balaban J connectivity index is 1.84. The number of ether oxygens (including phenoxy) is 7. The van der Waals surface area contributed by atoms with Gasteiger partial charge in [-0.1, -0.05) is 0 Å². The van der Waals surface area contributed by atoms with Crippen molar-refractivity contribution in [1.82, 2.24) is 0 Å². The fourth-order valence-corrected chi connectivity index (χ4v) is 2.78. The number of benzene rings is 1. The average molecular weight is 554 g/mol. The zero-order valence-electron chi connectivity index (χ0n) is 20.8. The van der Waals surface area contributed by atoms with Crippen LogP contribution >= 0.6 is 11.6 Å². The molecule has 0 bridgehead atoms. The molecule has 0 heterocycles. The molecule has 0 unspecified atom stereocenters. The Bertz CT molecular complexity index is 746. The number of non-ortho nitro benzene ring substituents is 1. The van der Waals surface area contributed by atoms with Crippen LogP contribution in [0.3, 0.4) is 0 Å². The van der Waals surface area contributed by atoms with Crippen molar-refractivity contribution in [3.63, 3.8) is 0 Å². The molecule has 0 saturated heterocycles. The van der Waals surface area contributed by atoms with Crippen LogP contribution in [0.2, 0.25) is 0 Å². The van der Waals surface area contributed by atoms with Crippen molar-refractivity contribution in [2.75, 3.05) is 110 Å². The van der Waals surface area contributed by atoms with Gasteiger partial charge in [0.15, 0.2) is 0 Å². The molecule has 1 aromatic rings. The van der Waals surface area contributed by atoms with E-state index in [4.69, 9.17) is 44.8 Å². The standard InChI is InChI=1S/C22H36ClN3O11/c23-3-5-31-7-9-33-11-13-35-15-17-37-18-16-36-14-12-34-10-8-32-6-4-24-21-2-1-20(25(27)28)19-22(21)26(29)30/h1-2,19,24H,3-18H2. The summed E-state index contributed by atoms with van der Waals surface area (Å²) in [6.07, 6.45) is 0. The van der Waals surface area contributed by atoms with Crippen molar-refractivity contribution < 1.29 is 43.0 Å². The third-order valence-electron chi connectivity index (χ3n) is 4.40. The monoisotopic (exact) mass is 553 g/mol. The first-order valence-electron chi connectivity index (χ1n) is 11.8. The van der Waals surface area contributed by atoms with Crippen molar-refractivity contribution in [1.29, 1.82) is 0 Å². The maximum absolute atomic E-state index is 11.1. The van der Waals surface area contributed by atoms with E-state index in [0.717, 1.165) is 6.07 Å². The maximum Gasteiger partial charge on any atom is 0.299 e. The lowest BCUT2D eigenvalue weighted by atomic mass is 10.2. The Morgan fingerprint density at radius 3 is 1.41 bits per heavy atom. The Morgan fingerprint density at radius 2 is 1.03 bits per heavy atom. The lowest BCUT2D eigenvalue weighted by Gasteiger charge is -2.09. The molecular weight excluding hydrogens is 518 g/mol. The number of alkyl halides is 1. The molecule has 1 N–H and O–H groups in total. The topological polar surface area (TPSA) is 163 Å². The molecule has 0 radical (unpaired) electrons. The van der Waals surface area contributed by atoms with E-state index in [1.54, 1.807) is 0 Å². The summed E-state index contributed by atoms with van der Waals surface area (Å²) in [4.78, 5) is 20.5. The summed E-state index contributed by atoms with van der Waals surface area (Å²) < 4.78 is 37.5. The van der Waals surface area contributed by atoms with E-state index < -0.39 is 9.85 Å². The van der Waals surface area contributed by atoms with E-state index in [1.165, 1.54) is 12.1 Å². The molecule has 0 aliphatic carbocycles. The van der Waals surface area contributed by atoms with Gasteiger partial charge in [0.25, 0.3) is 11.4 Å². The molecule has 0 fully saturated rings. The molecule has 15 heteroatoms. The summed E-state index contributed by atoms with van der Waals surface area (Å²) in [5.74, 6) is 0.479. The number of nitrogens with one attached hydrogen (secondary N) is 1. The first kappa shape index (κ1) is 32.9. The smallest absolute Gasteiger partial charge is 0.299 e. The second-order valence-corrected chi connectivity index (χ2v) is 7.50. The number of hydrogen-bond acceptors (Lipinski definition) is 12. The van der Waals surface area contributed by atoms with Gasteiger partial charge in [0, 0.05) is 18.5 Å². The average Bonchev–Trinajstić information content (AvgIpc) is 2.89. The zero-order chi connectivity index (χ0) is 27.0. The number of nitro groups is 2. The van der Waals surface area contributed by atoms with Crippen LogP contribution in [-0.4, -0.2) is 115 Å². The van der Waals surface area contributed by atoms with Gasteiger partial charge >= 0.3 is 0 Å². The van der Waals surface area contributed by atoms with Gasteiger partial charge in [0.2, 0.25) is 0 Å². The van der Waals surface area contributed by atoms with E-state index in [1.807, 2.05) is 0 Å². The molecule has 1 rings (SSSR count). The SMILES string of the molecule is O=[N+]([O-])c1ccc(NCCOCCOCCOCCOCCOCCOCCOCCCl)c([N+](=O)[O-])c1. The molecule has 0 aromatic heterocycles. The van der Waals surface area contributed by atoms with Crippen LogP contribution in [0, 0.1) is 20.2 Å². The molecule has 0 atom stereocenters. The van der Waals surface area contributed by atoms with Gasteiger partial charge in [-0.2, -0.15) is 0 Å². The lowest BCUT2D eigenvalue weighted by molar-refractivity contribution is -0.393. The van der Waals surface area contributed by atoms with Crippen molar-refractivity contribution in [2.45, 2.75) is 0 Å². The van der Waals surface area contributed by atoms with Gasteiger partial charge in [-0.05, 0) is 6.07 Å². The number of anilines is 1. The van der Waals surface area contributed by atoms with Gasteiger partial charge < -0.3 is 38.5 Å². The fourth-order valence-electron chi connectivity index (χ4n) is 2.67. The molecule has 0 saturated carbocycles. The highest BCUT2D eigenvalue weighted by atomic mass is 35.5. The van der Waals surface area contributed by atoms with Crippen LogP contribution < -0.4 is 5.32 Å². The van der Waals surface area contributed by atoms with Gasteiger partial charge in [0.05, 0.1) is 108 Å². The minimum Gasteiger partial charge on any atom is -0.378 e. The normalized spacial score (nSPS) is 11.1. The van der Waals surface area contributed by atoms with Crippen LogP contribution in [0.4, 0.5) is 17.1 Å². The summed E-state index contributed by atoms with van der Waals surface area (Å²) in [6.45, 7) is 6.57. The largest absolute Gasteiger partial charge is 0.378 e. The van der Waals surface area contributed by atoms with Crippen molar-refractivity contribution in [3.8, 4) is 0 Å². The van der Waals surface area contributed by atoms with Crippen molar-refractivity contribution >= 4 is 28.7 Å². The third-order valence-corrected chi connectivity index (χ3v) is 4.56. The summed E-state index contributed by atoms with van der Waals surface area (Å²) in [5, 5.41) is 24.7. The Morgan fingerprint density at radius 1 is 0.622 bits per heavy atom. The number of nitro benzene ring substituents is 2. The first-order valence-corrected chi connectivity index (χ1v) is 12.4. The highest BCUT2D eigenvalue weighted by molar-refractivity contribution is 6.17. The van der Waals surface area contributed by atoms with Crippen LogP contribution in [0.5, 0.6) is 0 Å². The number of nitrogens with zero attached hydrogens (tertiary/aromatic N) is 2. The lowest BCUT2D eigenvalue weighted by Crippen LogP contribution is -2.15. The van der Waals surface area contributed by atoms with Gasteiger partial charge in [-0.25, -0.2) is 0 Å². The third kappa shape index (κ3) is 17.8.